The molecule has 19 heavy (non-hydrogen) atoms. The summed E-state index contributed by atoms with van der Waals surface area (Å²) in [6, 6.07) is 18.0. The molecule has 0 radical (unpaired) electrons. The maximum atomic E-state index is 4.23. The van der Waals surface area contributed by atoms with Gasteiger partial charge in [0.2, 0.25) is 0 Å². The molecule has 0 aliphatic carbocycles. The van der Waals surface area contributed by atoms with E-state index in [-0.39, 0.29) is 0 Å². The summed E-state index contributed by atoms with van der Waals surface area (Å²) in [5.74, 6) is 0. The number of nitrogens with zero attached hydrogens (tertiary/aromatic N) is 3. The molecule has 0 unspecified atom stereocenters. The average molecular weight is 254 g/mol. The summed E-state index contributed by atoms with van der Waals surface area (Å²) < 4.78 is 0.922. The largest absolute Gasteiger partial charge is 0.327 e. The molecular formula is C16H20N3+. The molecule has 2 aromatic rings. The lowest BCUT2D eigenvalue weighted by molar-refractivity contribution is -0.884. The molecule has 0 saturated heterocycles. The van der Waals surface area contributed by atoms with Crippen LogP contribution in [0.1, 0.15) is 5.56 Å². The van der Waals surface area contributed by atoms with Gasteiger partial charge in [-0.25, -0.2) is 0 Å². The molecule has 0 amide bonds. The summed E-state index contributed by atoms with van der Waals surface area (Å²) in [6.45, 7) is 1.01. The summed E-state index contributed by atoms with van der Waals surface area (Å²) in [6.07, 6.45) is 0. The van der Waals surface area contributed by atoms with Crippen LogP contribution in [0.25, 0.3) is 0 Å². The molecule has 0 heterocycles. The highest BCUT2D eigenvalue weighted by atomic mass is 15.3. The summed E-state index contributed by atoms with van der Waals surface area (Å²) in [4.78, 5) is 0. The Bertz CT molecular complexity index is 536. The first-order chi connectivity index (χ1) is 9.03. The van der Waals surface area contributed by atoms with E-state index >= 15 is 0 Å². The van der Waals surface area contributed by atoms with E-state index in [1.807, 2.05) is 42.5 Å². The lowest BCUT2D eigenvalue weighted by Crippen LogP contribution is -2.33. The van der Waals surface area contributed by atoms with Gasteiger partial charge in [-0.2, -0.15) is 10.2 Å². The zero-order valence-electron chi connectivity index (χ0n) is 11.7. The van der Waals surface area contributed by atoms with Crippen LogP contribution in [0.5, 0.6) is 0 Å². The number of rotatable bonds is 4. The van der Waals surface area contributed by atoms with Crippen LogP contribution in [-0.2, 0) is 6.54 Å². The second kappa shape index (κ2) is 5.76. The summed E-state index contributed by atoms with van der Waals surface area (Å²) in [5, 5.41) is 8.44. The number of benzene rings is 2. The van der Waals surface area contributed by atoms with Crippen molar-refractivity contribution in [2.75, 3.05) is 21.1 Å². The molecule has 0 saturated carbocycles. The van der Waals surface area contributed by atoms with E-state index in [0.29, 0.717) is 0 Å². The minimum atomic E-state index is 0.873. The van der Waals surface area contributed by atoms with Crippen molar-refractivity contribution >= 4 is 11.4 Å². The van der Waals surface area contributed by atoms with Crippen LogP contribution in [0, 0.1) is 0 Å². The first-order valence-electron chi connectivity index (χ1n) is 6.39. The number of azo groups is 1. The molecule has 2 aromatic carbocycles. The molecule has 0 fully saturated rings. The molecule has 2 rings (SSSR count). The molecule has 0 bridgehead atoms. The van der Waals surface area contributed by atoms with Crippen LogP contribution >= 0.6 is 0 Å². The number of hydrogen-bond donors (Lipinski definition) is 0. The fourth-order valence-electron chi connectivity index (χ4n) is 1.83. The highest BCUT2D eigenvalue weighted by Gasteiger charge is 2.07. The van der Waals surface area contributed by atoms with Crippen molar-refractivity contribution in [3.05, 3.63) is 60.2 Å². The van der Waals surface area contributed by atoms with Gasteiger partial charge in [0.1, 0.15) is 6.54 Å². The van der Waals surface area contributed by atoms with Crippen molar-refractivity contribution in [1.82, 2.24) is 0 Å². The monoisotopic (exact) mass is 254 g/mol. The molecule has 0 atom stereocenters. The predicted molar refractivity (Wildman–Crippen MR) is 78.8 cm³/mol. The maximum Gasteiger partial charge on any atom is 0.104 e. The third kappa shape index (κ3) is 4.64. The quantitative estimate of drug-likeness (QED) is 0.574. The van der Waals surface area contributed by atoms with Gasteiger partial charge >= 0.3 is 0 Å². The van der Waals surface area contributed by atoms with E-state index in [1.165, 1.54) is 5.56 Å². The van der Waals surface area contributed by atoms with E-state index in [0.717, 1.165) is 22.4 Å². The fourth-order valence-corrected chi connectivity index (χ4v) is 1.83. The molecule has 0 N–H and O–H groups in total. The second-order valence-corrected chi connectivity index (χ2v) is 5.65. The minimum absolute atomic E-state index is 0.873. The zero-order chi connectivity index (χ0) is 13.7. The molecule has 3 nitrogen and oxygen atoms in total. The first-order valence-corrected chi connectivity index (χ1v) is 6.39. The Morgan fingerprint density at radius 3 is 1.79 bits per heavy atom. The van der Waals surface area contributed by atoms with E-state index in [1.54, 1.807) is 0 Å². The van der Waals surface area contributed by atoms with E-state index in [9.17, 15) is 0 Å². The Labute approximate surface area is 114 Å². The van der Waals surface area contributed by atoms with E-state index < -0.39 is 0 Å². The fraction of sp³-hybridized carbons (Fsp3) is 0.250. The molecule has 0 aliphatic rings. The van der Waals surface area contributed by atoms with Crippen LogP contribution < -0.4 is 0 Å². The van der Waals surface area contributed by atoms with Crippen LogP contribution in [0.4, 0.5) is 11.4 Å². The van der Waals surface area contributed by atoms with Gasteiger partial charge < -0.3 is 4.48 Å². The lowest BCUT2D eigenvalue weighted by atomic mass is 10.2. The highest BCUT2D eigenvalue weighted by molar-refractivity contribution is 5.40. The van der Waals surface area contributed by atoms with Gasteiger partial charge in [-0.1, -0.05) is 30.3 Å². The van der Waals surface area contributed by atoms with Crippen LogP contribution in [0.2, 0.25) is 0 Å². The van der Waals surface area contributed by atoms with Crippen LogP contribution in [-0.4, -0.2) is 25.6 Å². The third-order valence-corrected chi connectivity index (χ3v) is 2.63. The van der Waals surface area contributed by atoms with Crippen molar-refractivity contribution in [3.8, 4) is 0 Å². The molecule has 3 heteroatoms. The van der Waals surface area contributed by atoms with Crippen molar-refractivity contribution in [1.29, 1.82) is 0 Å². The predicted octanol–water partition coefficient (Wildman–Crippen LogP) is 4.31. The van der Waals surface area contributed by atoms with E-state index in [2.05, 4.69) is 43.5 Å². The molecular weight excluding hydrogens is 234 g/mol. The summed E-state index contributed by atoms with van der Waals surface area (Å²) >= 11 is 0. The van der Waals surface area contributed by atoms with Gasteiger partial charge in [0, 0.05) is 5.56 Å². The van der Waals surface area contributed by atoms with Crippen molar-refractivity contribution in [2.45, 2.75) is 6.54 Å². The second-order valence-electron chi connectivity index (χ2n) is 5.65. The smallest absolute Gasteiger partial charge is 0.104 e. The van der Waals surface area contributed by atoms with Crippen LogP contribution in [0.3, 0.4) is 0 Å². The van der Waals surface area contributed by atoms with Crippen molar-refractivity contribution in [2.24, 2.45) is 10.2 Å². The Kier molecular flexibility index (Phi) is 4.07. The first kappa shape index (κ1) is 13.4. The van der Waals surface area contributed by atoms with Gasteiger partial charge in [0.25, 0.3) is 0 Å². The maximum absolute atomic E-state index is 4.23. The normalized spacial score (nSPS) is 11.9. The Balaban J connectivity index is 2.05. The standard InChI is InChI=1S/C16H20N3/c1-19(2,3)13-14-9-11-16(12-10-14)18-17-15-7-5-4-6-8-15/h4-12H,13H2,1-3H3/q+1. The van der Waals surface area contributed by atoms with Gasteiger partial charge in [-0.05, 0) is 24.3 Å². The van der Waals surface area contributed by atoms with Gasteiger partial charge in [0.15, 0.2) is 0 Å². The molecule has 0 aromatic heterocycles. The number of quaternary nitrogens is 1. The summed E-state index contributed by atoms with van der Waals surface area (Å²) in [5.41, 5.74) is 3.07. The Morgan fingerprint density at radius 2 is 1.26 bits per heavy atom. The molecule has 0 spiro atoms. The van der Waals surface area contributed by atoms with Gasteiger partial charge in [0.05, 0.1) is 32.5 Å². The summed E-state index contributed by atoms with van der Waals surface area (Å²) in [7, 11) is 6.55. The SMILES string of the molecule is C[N+](C)(C)Cc1ccc(N=Nc2ccccc2)cc1. The number of hydrogen-bond acceptors (Lipinski definition) is 2. The molecule has 98 valence electrons. The van der Waals surface area contributed by atoms with Crippen molar-refractivity contribution in [3.63, 3.8) is 0 Å². The van der Waals surface area contributed by atoms with Gasteiger partial charge in [-0.15, -0.1) is 0 Å². The van der Waals surface area contributed by atoms with Crippen molar-refractivity contribution < 1.29 is 4.48 Å². The minimum Gasteiger partial charge on any atom is -0.327 e. The zero-order valence-corrected chi connectivity index (χ0v) is 11.7. The molecule has 0 aliphatic heterocycles. The topological polar surface area (TPSA) is 24.7 Å². The Morgan fingerprint density at radius 1 is 0.737 bits per heavy atom. The van der Waals surface area contributed by atoms with Crippen LogP contribution in [0.15, 0.2) is 64.8 Å². The van der Waals surface area contributed by atoms with E-state index in [4.69, 9.17) is 0 Å². The third-order valence-electron chi connectivity index (χ3n) is 2.63. The van der Waals surface area contributed by atoms with Gasteiger partial charge in [-0.3, -0.25) is 0 Å². The lowest BCUT2D eigenvalue weighted by Gasteiger charge is -2.23. The Hall–Kier alpha value is -2.00. The highest BCUT2D eigenvalue weighted by Crippen LogP contribution is 2.19. The average Bonchev–Trinajstić information content (AvgIpc) is 2.37.